The first-order valence-corrected chi connectivity index (χ1v) is 9.01. The van der Waals surface area contributed by atoms with E-state index < -0.39 is 0 Å². The van der Waals surface area contributed by atoms with Gasteiger partial charge in [-0.15, -0.1) is 0 Å². The number of anilines is 1. The molecule has 0 unspecified atom stereocenters. The van der Waals surface area contributed by atoms with Crippen molar-refractivity contribution in [2.45, 2.75) is 64.1 Å². The van der Waals surface area contributed by atoms with E-state index >= 15 is 0 Å². The lowest BCUT2D eigenvalue weighted by atomic mass is 9.91. The van der Waals surface area contributed by atoms with E-state index in [9.17, 15) is 9.59 Å². The van der Waals surface area contributed by atoms with Crippen molar-refractivity contribution in [3.8, 4) is 0 Å². The van der Waals surface area contributed by atoms with Crippen LogP contribution in [0.4, 0.5) is 5.69 Å². The molecule has 0 radical (unpaired) electrons. The first-order valence-electron chi connectivity index (χ1n) is 9.01. The van der Waals surface area contributed by atoms with E-state index in [0.717, 1.165) is 50.9 Å². The largest absolute Gasteiger partial charge is 0.354 e. The maximum atomic E-state index is 11.8. The predicted octanol–water partition coefficient (Wildman–Crippen LogP) is 2.35. The molecule has 24 heavy (non-hydrogen) atoms. The van der Waals surface area contributed by atoms with Crippen LogP contribution in [0.2, 0.25) is 0 Å². The number of nitrogens with zero attached hydrogens (tertiary/aromatic N) is 1. The van der Waals surface area contributed by atoms with Gasteiger partial charge in [-0.3, -0.25) is 9.59 Å². The average Bonchev–Trinajstić information content (AvgIpc) is 3.00. The molecule has 0 aromatic heterocycles. The van der Waals surface area contributed by atoms with Gasteiger partial charge in [0.2, 0.25) is 11.8 Å². The van der Waals surface area contributed by atoms with Crippen molar-refractivity contribution in [1.29, 1.82) is 0 Å². The van der Waals surface area contributed by atoms with Gasteiger partial charge in [0.15, 0.2) is 0 Å². The lowest BCUT2D eigenvalue weighted by molar-refractivity contribution is -0.120. The van der Waals surface area contributed by atoms with E-state index in [0.29, 0.717) is 18.5 Å². The number of nitrogens with one attached hydrogen (secondary N) is 2. The summed E-state index contributed by atoms with van der Waals surface area (Å²) in [5.41, 5.74) is 2.26. The Kier molecular flexibility index (Phi) is 5.51. The van der Waals surface area contributed by atoms with E-state index in [1.807, 2.05) is 17.0 Å². The molecule has 2 aliphatic rings. The van der Waals surface area contributed by atoms with Gasteiger partial charge in [-0.25, -0.2) is 0 Å². The zero-order valence-electron chi connectivity index (χ0n) is 14.4. The number of amides is 2. The Morgan fingerprint density at radius 2 is 1.79 bits per heavy atom. The fraction of sp³-hybridized carbons (Fsp3) is 0.579. The molecule has 0 atom stereocenters. The molecule has 1 heterocycles. The van der Waals surface area contributed by atoms with Crippen LogP contribution in [0.5, 0.6) is 0 Å². The fourth-order valence-corrected chi connectivity index (χ4v) is 3.71. The number of benzene rings is 1. The molecule has 1 aromatic rings. The van der Waals surface area contributed by atoms with Crippen LogP contribution in [0.15, 0.2) is 24.3 Å². The molecule has 130 valence electrons. The summed E-state index contributed by atoms with van der Waals surface area (Å²) < 4.78 is 0. The number of carbonyl (C=O) groups is 2. The van der Waals surface area contributed by atoms with Gasteiger partial charge >= 0.3 is 0 Å². The molecular formula is C19H27N3O2. The van der Waals surface area contributed by atoms with Crippen LogP contribution >= 0.6 is 0 Å². The van der Waals surface area contributed by atoms with Crippen molar-refractivity contribution in [3.63, 3.8) is 0 Å². The van der Waals surface area contributed by atoms with Crippen molar-refractivity contribution in [2.24, 2.45) is 0 Å². The molecule has 2 amide bonds. The van der Waals surface area contributed by atoms with Crippen LogP contribution in [0.1, 0.15) is 51.0 Å². The van der Waals surface area contributed by atoms with Crippen LogP contribution in [-0.4, -0.2) is 30.4 Å². The molecule has 1 aliphatic heterocycles. The molecule has 1 aliphatic carbocycles. The van der Waals surface area contributed by atoms with Crippen LogP contribution in [0.3, 0.4) is 0 Å². The number of hydrogen-bond donors (Lipinski definition) is 2. The molecule has 5 nitrogen and oxygen atoms in total. The Bertz CT molecular complexity index is 577. The van der Waals surface area contributed by atoms with Gasteiger partial charge in [0.1, 0.15) is 0 Å². The lowest BCUT2D eigenvalue weighted by Gasteiger charge is -2.29. The Morgan fingerprint density at radius 1 is 1.12 bits per heavy atom. The van der Waals surface area contributed by atoms with E-state index in [2.05, 4.69) is 22.8 Å². The minimum atomic E-state index is 0.0722. The van der Waals surface area contributed by atoms with E-state index in [4.69, 9.17) is 0 Å². The molecule has 1 saturated carbocycles. The third kappa shape index (κ3) is 4.35. The lowest BCUT2D eigenvalue weighted by Crippen LogP contribution is -2.41. The summed E-state index contributed by atoms with van der Waals surface area (Å²) in [7, 11) is 0. The summed E-state index contributed by atoms with van der Waals surface area (Å²) in [6.45, 7) is 3.28. The Labute approximate surface area is 143 Å². The molecule has 1 aromatic carbocycles. The van der Waals surface area contributed by atoms with Gasteiger partial charge in [-0.1, -0.05) is 12.1 Å². The molecule has 0 spiro atoms. The minimum absolute atomic E-state index is 0.0722. The Hall–Kier alpha value is -1.88. The second-order valence-corrected chi connectivity index (χ2v) is 6.95. The third-order valence-corrected chi connectivity index (χ3v) is 5.05. The summed E-state index contributed by atoms with van der Waals surface area (Å²) in [6.07, 6.45) is 5.94. The summed E-state index contributed by atoms with van der Waals surface area (Å²) >= 11 is 0. The van der Waals surface area contributed by atoms with Crippen molar-refractivity contribution in [1.82, 2.24) is 10.6 Å². The molecule has 5 heteroatoms. The highest BCUT2D eigenvalue weighted by Crippen LogP contribution is 2.22. The van der Waals surface area contributed by atoms with Crippen LogP contribution in [-0.2, 0) is 16.1 Å². The molecular weight excluding hydrogens is 302 g/mol. The van der Waals surface area contributed by atoms with Crippen LogP contribution < -0.4 is 15.5 Å². The quantitative estimate of drug-likeness (QED) is 0.872. The Balaban J connectivity index is 1.44. The second kappa shape index (κ2) is 7.79. The summed E-state index contributed by atoms with van der Waals surface area (Å²) in [5.74, 6) is 0.305. The minimum Gasteiger partial charge on any atom is -0.354 e. The molecule has 0 bridgehead atoms. The summed E-state index contributed by atoms with van der Waals surface area (Å²) in [4.78, 5) is 24.7. The van der Waals surface area contributed by atoms with Gasteiger partial charge in [0.05, 0.1) is 0 Å². The SMILES string of the molecule is CC(=O)NC1CCC(NCc2ccc(N3CCCC3=O)cc2)CC1. The van der Waals surface area contributed by atoms with Gasteiger partial charge in [0, 0.05) is 44.2 Å². The third-order valence-electron chi connectivity index (χ3n) is 5.05. The zero-order valence-corrected chi connectivity index (χ0v) is 14.4. The zero-order chi connectivity index (χ0) is 16.9. The van der Waals surface area contributed by atoms with Crippen LogP contribution in [0, 0.1) is 0 Å². The highest BCUT2D eigenvalue weighted by atomic mass is 16.2. The van der Waals surface area contributed by atoms with Gasteiger partial charge in [0.25, 0.3) is 0 Å². The van der Waals surface area contributed by atoms with Gasteiger partial charge < -0.3 is 15.5 Å². The summed E-state index contributed by atoms with van der Waals surface area (Å²) in [6, 6.07) is 9.18. The number of rotatable bonds is 5. The first-order chi connectivity index (χ1) is 11.6. The standard InChI is InChI=1S/C19H27N3O2/c1-14(23)21-17-8-6-16(7-9-17)20-13-15-4-10-18(11-5-15)22-12-2-3-19(22)24/h4-5,10-11,16-17,20H,2-3,6-9,12-13H2,1H3,(H,21,23). The molecule has 2 fully saturated rings. The second-order valence-electron chi connectivity index (χ2n) is 6.95. The number of carbonyl (C=O) groups excluding carboxylic acids is 2. The maximum Gasteiger partial charge on any atom is 0.227 e. The van der Waals surface area contributed by atoms with Crippen molar-refractivity contribution in [3.05, 3.63) is 29.8 Å². The first kappa shape index (κ1) is 17.0. The van der Waals surface area contributed by atoms with E-state index in [1.54, 1.807) is 6.92 Å². The molecule has 1 saturated heterocycles. The molecule has 3 rings (SSSR count). The monoisotopic (exact) mass is 329 g/mol. The van der Waals surface area contributed by atoms with Gasteiger partial charge in [-0.2, -0.15) is 0 Å². The summed E-state index contributed by atoms with van der Waals surface area (Å²) in [5, 5.41) is 6.63. The van der Waals surface area contributed by atoms with Crippen molar-refractivity contribution < 1.29 is 9.59 Å². The van der Waals surface area contributed by atoms with E-state index in [-0.39, 0.29) is 11.8 Å². The van der Waals surface area contributed by atoms with E-state index in [1.165, 1.54) is 5.56 Å². The highest BCUT2D eigenvalue weighted by molar-refractivity contribution is 5.95. The highest BCUT2D eigenvalue weighted by Gasteiger charge is 2.22. The molecule has 2 N–H and O–H groups in total. The predicted molar refractivity (Wildman–Crippen MR) is 94.7 cm³/mol. The topological polar surface area (TPSA) is 61.4 Å². The van der Waals surface area contributed by atoms with Crippen molar-refractivity contribution >= 4 is 17.5 Å². The van der Waals surface area contributed by atoms with Crippen molar-refractivity contribution in [2.75, 3.05) is 11.4 Å². The normalized spacial score (nSPS) is 24.2. The Morgan fingerprint density at radius 3 is 2.38 bits per heavy atom. The number of hydrogen-bond acceptors (Lipinski definition) is 3. The fourth-order valence-electron chi connectivity index (χ4n) is 3.71. The van der Waals surface area contributed by atoms with Crippen LogP contribution in [0.25, 0.3) is 0 Å². The van der Waals surface area contributed by atoms with Gasteiger partial charge in [-0.05, 0) is 49.8 Å². The average molecular weight is 329 g/mol. The maximum absolute atomic E-state index is 11.8. The smallest absolute Gasteiger partial charge is 0.227 e.